The van der Waals surface area contributed by atoms with E-state index in [-0.39, 0.29) is 5.89 Å². The molecule has 1 aromatic heterocycles. The Balaban J connectivity index is 2.76. The zero-order valence-corrected chi connectivity index (χ0v) is 9.84. The molecule has 6 nitrogen and oxygen atoms in total. The van der Waals surface area contributed by atoms with Gasteiger partial charge in [-0.1, -0.05) is 5.16 Å². The molecular formula is C8H15N3O3S. The van der Waals surface area contributed by atoms with Crippen LogP contribution in [0, 0.1) is 0 Å². The number of likely N-dealkylation sites (N-methyl/N-ethyl adjacent to an activating group) is 1. The fraction of sp³-hybridized carbons (Fsp3) is 0.750. The first-order valence-electron chi connectivity index (χ1n) is 4.61. The molecule has 15 heavy (non-hydrogen) atoms. The van der Waals surface area contributed by atoms with Gasteiger partial charge in [-0.3, -0.25) is 0 Å². The minimum atomic E-state index is -3.17. The van der Waals surface area contributed by atoms with Gasteiger partial charge in [0.05, 0.1) is 0 Å². The van der Waals surface area contributed by atoms with Crippen molar-refractivity contribution in [3.63, 3.8) is 0 Å². The van der Waals surface area contributed by atoms with Crippen molar-refractivity contribution in [3.8, 4) is 0 Å². The van der Waals surface area contributed by atoms with Crippen LogP contribution in [0.25, 0.3) is 0 Å². The van der Waals surface area contributed by atoms with Crippen molar-refractivity contribution < 1.29 is 12.9 Å². The number of hydrogen-bond donors (Lipinski definition) is 1. The number of aromatic nitrogens is 2. The molecule has 0 amide bonds. The fourth-order valence-corrected chi connectivity index (χ4v) is 1.42. The van der Waals surface area contributed by atoms with Crippen LogP contribution >= 0.6 is 0 Å². The van der Waals surface area contributed by atoms with E-state index in [1.54, 1.807) is 0 Å². The number of rotatable bonds is 5. The lowest BCUT2D eigenvalue weighted by Crippen LogP contribution is -2.11. The summed E-state index contributed by atoms with van der Waals surface area (Å²) >= 11 is 0. The van der Waals surface area contributed by atoms with E-state index in [0.717, 1.165) is 12.8 Å². The highest BCUT2D eigenvalue weighted by Gasteiger charge is 2.23. The molecule has 1 heterocycles. The molecule has 0 aromatic carbocycles. The lowest BCUT2D eigenvalue weighted by atomic mass is 10.4. The van der Waals surface area contributed by atoms with Gasteiger partial charge in [-0.15, -0.1) is 0 Å². The van der Waals surface area contributed by atoms with Gasteiger partial charge in [-0.05, 0) is 14.0 Å². The minimum Gasteiger partial charge on any atom is -0.338 e. The van der Waals surface area contributed by atoms with Gasteiger partial charge < -0.3 is 9.84 Å². The Labute approximate surface area is 89.0 Å². The van der Waals surface area contributed by atoms with Crippen LogP contribution in [0.5, 0.6) is 0 Å². The van der Waals surface area contributed by atoms with Gasteiger partial charge in [-0.2, -0.15) is 4.98 Å². The van der Waals surface area contributed by atoms with Crippen molar-refractivity contribution in [1.82, 2.24) is 15.5 Å². The van der Waals surface area contributed by atoms with Gasteiger partial charge in [0.1, 0.15) is 5.25 Å². The highest BCUT2D eigenvalue weighted by atomic mass is 32.2. The smallest absolute Gasteiger partial charge is 0.244 e. The van der Waals surface area contributed by atoms with Gasteiger partial charge in [0, 0.05) is 19.2 Å². The van der Waals surface area contributed by atoms with Crippen molar-refractivity contribution in [3.05, 3.63) is 11.7 Å². The van der Waals surface area contributed by atoms with E-state index >= 15 is 0 Å². The van der Waals surface area contributed by atoms with Gasteiger partial charge in [0.25, 0.3) is 0 Å². The van der Waals surface area contributed by atoms with Crippen LogP contribution in [-0.2, 0) is 16.3 Å². The molecule has 0 aliphatic heterocycles. The molecule has 0 aliphatic carbocycles. The average Bonchev–Trinajstić information content (AvgIpc) is 2.60. The number of nitrogens with zero attached hydrogens (tertiary/aromatic N) is 2. The Hall–Kier alpha value is -0.950. The average molecular weight is 233 g/mol. The van der Waals surface area contributed by atoms with Crippen LogP contribution in [0.2, 0.25) is 0 Å². The molecule has 0 aliphatic rings. The van der Waals surface area contributed by atoms with E-state index < -0.39 is 15.1 Å². The summed E-state index contributed by atoms with van der Waals surface area (Å²) in [7, 11) is -1.36. The van der Waals surface area contributed by atoms with E-state index in [4.69, 9.17) is 4.52 Å². The zero-order chi connectivity index (χ0) is 11.5. The topological polar surface area (TPSA) is 85.1 Å². The molecule has 0 bridgehead atoms. The zero-order valence-electron chi connectivity index (χ0n) is 9.02. The predicted molar refractivity (Wildman–Crippen MR) is 55.2 cm³/mol. The van der Waals surface area contributed by atoms with Crippen LogP contribution in [0.15, 0.2) is 4.52 Å². The lowest BCUT2D eigenvalue weighted by molar-refractivity contribution is 0.371. The van der Waals surface area contributed by atoms with E-state index in [2.05, 4.69) is 15.5 Å². The van der Waals surface area contributed by atoms with Gasteiger partial charge in [0.2, 0.25) is 5.89 Å². The summed E-state index contributed by atoms with van der Waals surface area (Å²) in [6, 6.07) is 0. The maximum atomic E-state index is 11.2. The Bertz CT molecular complexity index is 413. The summed E-state index contributed by atoms with van der Waals surface area (Å²) < 4.78 is 27.3. The third-order valence-electron chi connectivity index (χ3n) is 2.07. The first-order chi connectivity index (χ1) is 6.95. The second kappa shape index (κ2) is 4.71. The molecule has 0 saturated carbocycles. The van der Waals surface area contributed by atoms with Gasteiger partial charge in [-0.25, -0.2) is 8.42 Å². The van der Waals surface area contributed by atoms with Crippen LogP contribution in [0.4, 0.5) is 0 Å². The largest absolute Gasteiger partial charge is 0.338 e. The molecule has 0 radical (unpaired) electrons. The van der Waals surface area contributed by atoms with Crippen LogP contribution in [-0.4, -0.2) is 38.4 Å². The summed E-state index contributed by atoms with van der Waals surface area (Å²) in [6.45, 7) is 2.26. The number of nitrogens with one attached hydrogen (secondary N) is 1. The first kappa shape index (κ1) is 12.1. The Kier molecular flexibility index (Phi) is 3.81. The third kappa shape index (κ3) is 3.28. The Morgan fingerprint density at radius 2 is 2.20 bits per heavy atom. The van der Waals surface area contributed by atoms with Crippen LogP contribution in [0.1, 0.15) is 23.9 Å². The van der Waals surface area contributed by atoms with Crippen LogP contribution < -0.4 is 5.32 Å². The van der Waals surface area contributed by atoms with Crippen LogP contribution in [0.3, 0.4) is 0 Å². The van der Waals surface area contributed by atoms with Crippen molar-refractivity contribution >= 4 is 9.84 Å². The SMILES string of the molecule is CNCCc1noc(C(C)S(C)(=O)=O)n1. The van der Waals surface area contributed by atoms with Crippen molar-refractivity contribution in [2.75, 3.05) is 19.8 Å². The quantitative estimate of drug-likeness (QED) is 0.766. The molecule has 1 N–H and O–H groups in total. The highest BCUT2D eigenvalue weighted by molar-refractivity contribution is 7.90. The molecule has 1 rings (SSSR count). The summed E-state index contributed by atoms with van der Waals surface area (Å²) in [5.41, 5.74) is 0. The van der Waals surface area contributed by atoms with Crippen molar-refractivity contribution in [2.45, 2.75) is 18.6 Å². The molecule has 0 saturated heterocycles. The summed E-state index contributed by atoms with van der Waals surface area (Å²) in [6.07, 6.45) is 1.77. The molecule has 1 aromatic rings. The third-order valence-corrected chi connectivity index (χ3v) is 3.56. The fourth-order valence-electron chi connectivity index (χ4n) is 0.954. The first-order valence-corrected chi connectivity index (χ1v) is 6.56. The molecule has 7 heteroatoms. The number of sulfone groups is 1. The normalized spacial score (nSPS) is 14.1. The molecule has 0 spiro atoms. The summed E-state index contributed by atoms with van der Waals surface area (Å²) in [5, 5.41) is 5.90. The second-order valence-electron chi connectivity index (χ2n) is 3.37. The second-order valence-corrected chi connectivity index (χ2v) is 5.74. The summed E-state index contributed by atoms with van der Waals surface area (Å²) in [5.74, 6) is 0.679. The maximum Gasteiger partial charge on any atom is 0.244 e. The summed E-state index contributed by atoms with van der Waals surface area (Å²) in [4.78, 5) is 4.02. The number of hydrogen-bond acceptors (Lipinski definition) is 6. The Morgan fingerprint density at radius 3 is 2.73 bits per heavy atom. The van der Waals surface area contributed by atoms with E-state index in [1.807, 2.05) is 7.05 Å². The van der Waals surface area contributed by atoms with Gasteiger partial charge in [0.15, 0.2) is 15.7 Å². The van der Waals surface area contributed by atoms with E-state index in [0.29, 0.717) is 12.2 Å². The lowest BCUT2D eigenvalue weighted by Gasteiger charge is -2.01. The molecular weight excluding hydrogens is 218 g/mol. The highest BCUT2D eigenvalue weighted by Crippen LogP contribution is 2.18. The monoisotopic (exact) mass is 233 g/mol. The van der Waals surface area contributed by atoms with Crippen molar-refractivity contribution in [1.29, 1.82) is 0 Å². The predicted octanol–water partition coefficient (Wildman–Crippen LogP) is -0.0629. The van der Waals surface area contributed by atoms with E-state index in [1.165, 1.54) is 6.92 Å². The van der Waals surface area contributed by atoms with Crippen molar-refractivity contribution in [2.24, 2.45) is 0 Å². The maximum absolute atomic E-state index is 11.2. The standard InChI is InChI=1S/C8H15N3O3S/c1-6(15(3,12)13)8-10-7(11-14-8)4-5-9-2/h6,9H,4-5H2,1-3H3. The molecule has 1 atom stereocenters. The molecule has 0 fully saturated rings. The molecule has 86 valence electrons. The minimum absolute atomic E-state index is 0.156. The van der Waals surface area contributed by atoms with E-state index in [9.17, 15) is 8.42 Å². The molecule has 1 unspecified atom stereocenters. The van der Waals surface area contributed by atoms with Gasteiger partial charge >= 0.3 is 0 Å². The Morgan fingerprint density at radius 1 is 1.53 bits per heavy atom.